The standard InChI is InChI=1S/C20H23F3N8O3/c1-13(28-15-10-27-29-19(33)18(15)20(21,22)23)12-34-7-2-17(32)31-5-3-30(4-6-31)16-11-25-14(8-24)9-26-16/h9-11,13H,2-7,12H2,1H3,(H2,28,29,33)/t13-/m0/s1. The molecule has 1 amide bonds. The summed E-state index contributed by atoms with van der Waals surface area (Å²) in [7, 11) is 0. The van der Waals surface area contributed by atoms with E-state index in [1.54, 1.807) is 16.9 Å². The van der Waals surface area contributed by atoms with E-state index in [-0.39, 0.29) is 31.2 Å². The van der Waals surface area contributed by atoms with Crippen LogP contribution in [0, 0.1) is 11.3 Å². The number of anilines is 2. The number of alkyl halides is 3. The van der Waals surface area contributed by atoms with Crippen LogP contribution in [0.2, 0.25) is 0 Å². The molecule has 2 N–H and O–H groups in total. The minimum atomic E-state index is -4.83. The zero-order valence-electron chi connectivity index (χ0n) is 18.3. The molecular formula is C20H23F3N8O3. The fourth-order valence-electron chi connectivity index (χ4n) is 3.40. The highest BCUT2D eigenvalue weighted by Gasteiger charge is 2.37. The number of nitriles is 1. The lowest BCUT2D eigenvalue weighted by Crippen LogP contribution is -2.49. The molecule has 1 aliphatic heterocycles. The first-order valence-corrected chi connectivity index (χ1v) is 10.4. The Kier molecular flexibility index (Phi) is 8.00. The van der Waals surface area contributed by atoms with Crippen LogP contribution in [0.4, 0.5) is 24.7 Å². The number of nitrogens with one attached hydrogen (secondary N) is 2. The van der Waals surface area contributed by atoms with Crippen molar-refractivity contribution in [2.75, 3.05) is 49.6 Å². The number of nitrogens with zero attached hydrogens (tertiary/aromatic N) is 6. The van der Waals surface area contributed by atoms with E-state index in [1.165, 1.54) is 12.4 Å². The summed E-state index contributed by atoms with van der Waals surface area (Å²) in [6.07, 6.45) is -0.881. The van der Waals surface area contributed by atoms with E-state index in [1.807, 2.05) is 11.0 Å². The molecule has 3 heterocycles. The smallest absolute Gasteiger partial charge is 0.379 e. The number of amides is 1. The molecule has 11 nitrogen and oxygen atoms in total. The van der Waals surface area contributed by atoms with Crippen molar-refractivity contribution < 1.29 is 22.7 Å². The predicted molar refractivity (Wildman–Crippen MR) is 114 cm³/mol. The summed E-state index contributed by atoms with van der Waals surface area (Å²) in [5.74, 6) is 0.546. The molecule has 0 aliphatic carbocycles. The Labute approximate surface area is 192 Å². The number of ether oxygens (including phenoxy) is 1. The van der Waals surface area contributed by atoms with Crippen molar-refractivity contribution in [2.45, 2.75) is 25.6 Å². The lowest BCUT2D eigenvalue weighted by atomic mass is 10.2. The minimum Gasteiger partial charge on any atom is -0.379 e. The molecule has 0 radical (unpaired) electrons. The normalized spacial score (nSPS) is 15.0. The third kappa shape index (κ3) is 6.41. The lowest BCUT2D eigenvalue weighted by molar-refractivity contribution is -0.138. The van der Waals surface area contributed by atoms with Crippen molar-refractivity contribution in [1.29, 1.82) is 5.26 Å². The van der Waals surface area contributed by atoms with Gasteiger partial charge >= 0.3 is 6.18 Å². The van der Waals surface area contributed by atoms with Gasteiger partial charge in [0.05, 0.1) is 43.9 Å². The molecule has 0 bridgehead atoms. The summed E-state index contributed by atoms with van der Waals surface area (Å²) in [6.45, 7) is 3.85. The number of aromatic amines is 1. The Morgan fingerprint density at radius 3 is 2.62 bits per heavy atom. The first kappa shape index (κ1) is 24.9. The zero-order valence-corrected chi connectivity index (χ0v) is 18.3. The van der Waals surface area contributed by atoms with Gasteiger partial charge in [-0.2, -0.15) is 23.5 Å². The fraction of sp³-hybridized carbons (Fsp3) is 0.500. The van der Waals surface area contributed by atoms with Crippen molar-refractivity contribution in [2.24, 2.45) is 0 Å². The number of hydrogen-bond acceptors (Lipinski definition) is 9. The monoisotopic (exact) mass is 480 g/mol. The predicted octanol–water partition coefficient (Wildman–Crippen LogP) is 1.01. The molecule has 2 aromatic heterocycles. The Bertz CT molecular complexity index is 1080. The molecule has 0 aromatic carbocycles. The highest BCUT2D eigenvalue weighted by atomic mass is 19.4. The van der Waals surface area contributed by atoms with E-state index in [0.717, 1.165) is 6.20 Å². The number of carbonyl (C=O) groups excluding carboxylic acids is 1. The summed E-state index contributed by atoms with van der Waals surface area (Å²) in [5, 5.41) is 16.5. The summed E-state index contributed by atoms with van der Waals surface area (Å²) in [4.78, 5) is 35.8. The number of hydrogen-bond donors (Lipinski definition) is 2. The molecular weight excluding hydrogens is 457 g/mol. The van der Waals surface area contributed by atoms with Gasteiger partial charge in [0.1, 0.15) is 17.5 Å². The SMILES string of the molecule is C[C@@H](COCCC(=O)N1CCN(c2cnc(C#N)cn2)CC1)Nc1cn[nH]c(=O)c1C(F)(F)F. The van der Waals surface area contributed by atoms with E-state index in [0.29, 0.717) is 32.0 Å². The van der Waals surface area contributed by atoms with Gasteiger partial charge in [-0.3, -0.25) is 9.59 Å². The number of carbonyl (C=O) groups is 1. The zero-order chi connectivity index (χ0) is 24.7. The van der Waals surface area contributed by atoms with Crippen LogP contribution in [0.3, 0.4) is 0 Å². The van der Waals surface area contributed by atoms with Crippen LogP contribution in [0.1, 0.15) is 24.6 Å². The molecule has 1 fully saturated rings. The molecule has 1 atom stereocenters. The summed E-state index contributed by atoms with van der Waals surface area (Å²) in [5.41, 5.74) is -2.89. The van der Waals surface area contributed by atoms with Crippen molar-refractivity contribution in [3.8, 4) is 6.07 Å². The second-order valence-corrected chi connectivity index (χ2v) is 7.60. The summed E-state index contributed by atoms with van der Waals surface area (Å²) in [6, 6.07) is 1.35. The third-order valence-electron chi connectivity index (χ3n) is 5.08. The molecule has 0 spiro atoms. The third-order valence-corrected chi connectivity index (χ3v) is 5.08. The average Bonchev–Trinajstić information content (AvgIpc) is 2.81. The van der Waals surface area contributed by atoms with Gasteiger partial charge in [-0.15, -0.1) is 0 Å². The topological polar surface area (TPSA) is 140 Å². The van der Waals surface area contributed by atoms with Crippen LogP contribution in [0.15, 0.2) is 23.4 Å². The Hall–Kier alpha value is -3.73. The van der Waals surface area contributed by atoms with Gasteiger partial charge in [0.15, 0.2) is 5.69 Å². The van der Waals surface area contributed by atoms with Crippen LogP contribution in [-0.4, -0.2) is 76.4 Å². The molecule has 0 unspecified atom stereocenters. The van der Waals surface area contributed by atoms with Crippen LogP contribution in [-0.2, 0) is 15.7 Å². The van der Waals surface area contributed by atoms with Crippen molar-refractivity contribution in [3.63, 3.8) is 0 Å². The number of piperazine rings is 1. The largest absolute Gasteiger partial charge is 0.423 e. The number of aromatic nitrogens is 4. The molecule has 3 rings (SSSR count). The van der Waals surface area contributed by atoms with Crippen LogP contribution in [0.25, 0.3) is 0 Å². The van der Waals surface area contributed by atoms with Gasteiger partial charge < -0.3 is 19.9 Å². The summed E-state index contributed by atoms with van der Waals surface area (Å²) >= 11 is 0. The molecule has 182 valence electrons. The Balaban J connectivity index is 1.39. The second-order valence-electron chi connectivity index (χ2n) is 7.60. The van der Waals surface area contributed by atoms with Crippen LogP contribution < -0.4 is 15.8 Å². The molecule has 1 aliphatic rings. The van der Waals surface area contributed by atoms with Gasteiger partial charge in [0, 0.05) is 32.2 Å². The maximum atomic E-state index is 13.1. The average molecular weight is 480 g/mol. The Morgan fingerprint density at radius 2 is 2.00 bits per heavy atom. The first-order chi connectivity index (χ1) is 16.2. The van der Waals surface area contributed by atoms with Crippen molar-refractivity contribution >= 4 is 17.4 Å². The highest BCUT2D eigenvalue weighted by Crippen LogP contribution is 2.31. The van der Waals surface area contributed by atoms with Gasteiger partial charge in [-0.05, 0) is 6.92 Å². The number of H-pyrrole nitrogens is 1. The quantitative estimate of drug-likeness (QED) is 0.530. The highest BCUT2D eigenvalue weighted by molar-refractivity contribution is 5.76. The van der Waals surface area contributed by atoms with Crippen molar-refractivity contribution in [1.82, 2.24) is 25.1 Å². The van der Waals surface area contributed by atoms with Crippen LogP contribution >= 0.6 is 0 Å². The van der Waals surface area contributed by atoms with E-state index < -0.39 is 29.0 Å². The maximum absolute atomic E-state index is 13.1. The lowest BCUT2D eigenvalue weighted by Gasteiger charge is -2.35. The van der Waals surface area contributed by atoms with Crippen molar-refractivity contribution in [3.05, 3.63) is 40.2 Å². The molecule has 2 aromatic rings. The van der Waals surface area contributed by atoms with Gasteiger partial charge in [0.2, 0.25) is 5.91 Å². The van der Waals surface area contributed by atoms with Gasteiger partial charge in [0.25, 0.3) is 5.56 Å². The van der Waals surface area contributed by atoms with Crippen LogP contribution in [0.5, 0.6) is 0 Å². The molecule has 14 heteroatoms. The van der Waals surface area contributed by atoms with E-state index in [4.69, 9.17) is 10.00 Å². The van der Waals surface area contributed by atoms with Gasteiger partial charge in [-0.25, -0.2) is 15.1 Å². The van der Waals surface area contributed by atoms with E-state index >= 15 is 0 Å². The summed E-state index contributed by atoms with van der Waals surface area (Å²) < 4.78 is 44.7. The second kappa shape index (κ2) is 10.9. The fourth-order valence-corrected chi connectivity index (χ4v) is 3.40. The Morgan fingerprint density at radius 1 is 1.26 bits per heavy atom. The van der Waals surface area contributed by atoms with Gasteiger partial charge in [-0.1, -0.05) is 0 Å². The minimum absolute atomic E-state index is 0.0303. The van der Waals surface area contributed by atoms with E-state index in [2.05, 4.69) is 20.4 Å². The van der Waals surface area contributed by atoms with E-state index in [9.17, 15) is 22.8 Å². The molecule has 34 heavy (non-hydrogen) atoms. The maximum Gasteiger partial charge on any atom is 0.423 e. The number of rotatable bonds is 8. The number of halogens is 3. The first-order valence-electron chi connectivity index (χ1n) is 10.4. The molecule has 0 saturated carbocycles. The molecule has 1 saturated heterocycles.